The summed E-state index contributed by atoms with van der Waals surface area (Å²) >= 11 is 0. The molecule has 2 heterocycles. The molecule has 0 saturated heterocycles. The van der Waals surface area contributed by atoms with Crippen molar-refractivity contribution in [2.24, 2.45) is 0 Å². The van der Waals surface area contributed by atoms with E-state index in [0.717, 1.165) is 5.56 Å². The lowest BCUT2D eigenvalue weighted by molar-refractivity contribution is -0.143. The van der Waals surface area contributed by atoms with Crippen LogP contribution >= 0.6 is 0 Å². The average Bonchev–Trinajstić information content (AvgIpc) is 2.69. The second kappa shape index (κ2) is 3.90. The van der Waals surface area contributed by atoms with Gasteiger partial charge in [0.2, 0.25) is 0 Å². The van der Waals surface area contributed by atoms with Crippen LogP contribution in [0.2, 0.25) is 0 Å². The van der Waals surface area contributed by atoms with Gasteiger partial charge in [-0.05, 0) is 5.16 Å². The summed E-state index contributed by atoms with van der Waals surface area (Å²) in [6, 6.07) is -0.351. The Kier molecular flexibility index (Phi) is 2.59. The first-order chi connectivity index (χ1) is 7.26. The number of methoxy groups -OCH3 is 2. The van der Waals surface area contributed by atoms with Crippen molar-refractivity contribution in [3.05, 3.63) is 11.3 Å². The summed E-state index contributed by atoms with van der Waals surface area (Å²) in [6.07, 6.45) is 0.481. The van der Waals surface area contributed by atoms with E-state index in [1.54, 1.807) is 0 Å². The SMILES string of the molecule is COC(=O)C1Cc2c(OC)noc2CN1. The molecule has 0 bridgehead atoms. The zero-order chi connectivity index (χ0) is 10.8. The summed E-state index contributed by atoms with van der Waals surface area (Å²) in [5.74, 6) is 0.872. The fraction of sp³-hybridized carbons (Fsp3) is 0.556. The second-order valence-electron chi connectivity index (χ2n) is 3.25. The topological polar surface area (TPSA) is 73.6 Å². The Labute approximate surface area is 86.5 Å². The lowest BCUT2D eigenvalue weighted by atomic mass is 10.0. The molecule has 0 aliphatic carbocycles. The van der Waals surface area contributed by atoms with E-state index in [4.69, 9.17) is 9.26 Å². The highest BCUT2D eigenvalue weighted by Crippen LogP contribution is 2.26. The zero-order valence-electron chi connectivity index (χ0n) is 8.57. The number of rotatable bonds is 2. The summed E-state index contributed by atoms with van der Waals surface area (Å²) in [4.78, 5) is 11.3. The molecule has 0 saturated carbocycles. The van der Waals surface area contributed by atoms with Gasteiger partial charge in [-0.25, -0.2) is 0 Å². The van der Waals surface area contributed by atoms with Crippen LogP contribution in [-0.2, 0) is 22.5 Å². The lowest BCUT2D eigenvalue weighted by Crippen LogP contribution is -2.42. The molecule has 1 unspecified atom stereocenters. The molecule has 82 valence electrons. The average molecular weight is 212 g/mol. The molecular formula is C9H12N2O4. The third-order valence-corrected chi connectivity index (χ3v) is 2.43. The molecule has 0 radical (unpaired) electrons. The number of ether oxygens (including phenoxy) is 2. The molecular weight excluding hydrogens is 200 g/mol. The van der Waals surface area contributed by atoms with Gasteiger partial charge < -0.3 is 14.0 Å². The van der Waals surface area contributed by atoms with Crippen LogP contribution in [0.1, 0.15) is 11.3 Å². The van der Waals surface area contributed by atoms with E-state index in [2.05, 4.69) is 15.2 Å². The molecule has 15 heavy (non-hydrogen) atoms. The first-order valence-corrected chi connectivity index (χ1v) is 4.59. The van der Waals surface area contributed by atoms with Crippen LogP contribution in [-0.4, -0.2) is 31.4 Å². The maximum absolute atomic E-state index is 11.3. The van der Waals surface area contributed by atoms with Gasteiger partial charge in [-0.1, -0.05) is 0 Å². The molecule has 6 heteroatoms. The number of fused-ring (bicyclic) bond motifs is 1. The number of hydrogen-bond donors (Lipinski definition) is 1. The van der Waals surface area contributed by atoms with Crippen LogP contribution in [0.25, 0.3) is 0 Å². The molecule has 1 aliphatic rings. The molecule has 1 atom stereocenters. The van der Waals surface area contributed by atoms with Crippen LogP contribution in [0.4, 0.5) is 0 Å². The smallest absolute Gasteiger partial charge is 0.323 e. The third-order valence-electron chi connectivity index (χ3n) is 2.43. The highest BCUT2D eigenvalue weighted by molar-refractivity contribution is 5.76. The molecule has 1 N–H and O–H groups in total. The summed E-state index contributed by atoms with van der Waals surface area (Å²) in [7, 11) is 2.89. The predicted molar refractivity (Wildman–Crippen MR) is 49.4 cm³/mol. The second-order valence-corrected chi connectivity index (χ2v) is 3.25. The van der Waals surface area contributed by atoms with Crippen LogP contribution in [0.15, 0.2) is 4.52 Å². The zero-order valence-corrected chi connectivity index (χ0v) is 8.57. The lowest BCUT2D eigenvalue weighted by Gasteiger charge is -2.19. The van der Waals surface area contributed by atoms with Crippen molar-refractivity contribution in [2.75, 3.05) is 14.2 Å². The molecule has 1 aromatic heterocycles. The summed E-state index contributed by atoms with van der Waals surface area (Å²) in [5.41, 5.74) is 0.839. The van der Waals surface area contributed by atoms with E-state index in [1.165, 1.54) is 14.2 Å². The van der Waals surface area contributed by atoms with E-state index >= 15 is 0 Å². The summed E-state index contributed by atoms with van der Waals surface area (Å²) in [5, 5.41) is 6.75. The predicted octanol–water partition coefficient (Wildman–Crippen LogP) is -0.130. The molecule has 1 aromatic rings. The van der Waals surface area contributed by atoms with Crippen LogP contribution in [0, 0.1) is 0 Å². The van der Waals surface area contributed by atoms with E-state index in [1.807, 2.05) is 0 Å². The Morgan fingerprint density at radius 2 is 2.40 bits per heavy atom. The van der Waals surface area contributed by atoms with Gasteiger partial charge in [0.1, 0.15) is 6.04 Å². The number of carbonyl (C=O) groups excluding carboxylic acids is 1. The Bertz CT molecular complexity index is 361. The Morgan fingerprint density at radius 1 is 1.60 bits per heavy atom. The molecule has 0 spiro atoms. The summed E-state index contributed by atoms with van der Waals surface area (Å²) < 4.78 is 14.7. The first-order valence-electron chi connectivity index (χ1n) is 4.59. The van der Waals surface area contributed by atoms with Crippen LogP contribution in [0.5, 0.6) is 5.88 Å². The van der Waals surface area contributed by atoms with E-state index in [9.17, 15) is 4.79 Å². The number of aromatic nitrogens is 1. The number of nitrogens with zero attached hydrogens (tertiary/aromatic N) is 1. The van der Waals surface area contributed by atoms with Crippen molar-refractivity contribution < 1.29 is 18.8 Å². The van der Waals surface area contributed by atoms with Gasteiger partial charge in [0.15, 0.2) is 5.76 Å². The fourth-order valence-corrected chi connectivity index (χ4v) is 1.63. The fourth-order valence-electron chi connectivity index (χ4n) is 1.63. The van der Waals surface area contributed by atoms with Gasteiger partial charge in [-0.2, -0.15) is 0 Å². The summed E-state index contributed by atoms with van der Waals surface area (Å²) in [6.45, 7) is 0.464. The Balaban J connectivity index is 2.20. The molecule has 2 rings (SSSR count). The monoisotopic (exact) mass is 212 g/mol. The number of hydrogen-bond acceptors (Lipinski definition) is 6. The van der Waals surface area contributed by atoms with Crippen molar-refractivity contribution in [1.82, 2.24) is 10.5 Å². The van der Waals surface area contributed by atoms with Crippen molar-refractivity contribution in [2.45, 2.75) is 19.0 Å². The molecule has 0 fully saturated rings. The highest BCUT2D eigenvalue weighted by atomic mass is 16.5. The largest absolute Gasteiger partial charge is 0.479 e. The number of esters is 1. The maximum Gasteiger partial charge on any atom is 0.323 e. The van der Waals surface area contributed by atoms with Crippen molar-refractivity contribution in [1.29, 1.82) is 0 Å². The minimum absolute atomic E-state index is 0.288. The Hall–Kier alpha value is -1.56. The molecule has 0 aromatic carbocycles. The van der Waals surface area contributed by atoms with Crippen molar-refractivity contribution >= 4 is 5.97 Å². The highest BCUT2D eigenvalue weighted by Gasteiger charge is 2.30. The number of nitrogens with one attached hydrogen (secondary N) is 1. The van der Waals surface area contributed by atoms with Crippen molar-refractivity contribution in [3.8, 4) is 5.88 Å². The minimum atomic E-state index is -0.351. The normalized spacial score (nSPS) is 19.5. The maximum atomic E-state index is 11.3. The minimum Gasteiger partial charge on any atom is -0.479 e. The molecule has 6 nitrogen and oxygen atoms in total. The van der Waals surface area contributed by atoms with E-state index in [0.29, 0.717) is 24.6 Å². The van der Waals surface area contributed by atoms with Gasteiger partial charge in [-0.15, -0.1) is 0 Å². The van der Waals surface area contributed by atoms with E-state index in [-0.39, 0.29) is 12.0 Å². The van der Waals surface area contributed by atoms with Gasteiger partial charge >= 0.3 is 5.97 Å². The van der Waals surface area contributed by atoms with E-state index < -0.39 is 0 Å². The van der Waals surface area contributed by atoms with Gasteiger partial charge in [0.25, 0.3) is 5.88 Å². The van der Waals surface area contributed by atoms with Gasteiger partial charge in [-0.3, -0.25) is 10.1 Å². The number of carbonyl (C=O) groups is 1. The third kappa shape index (κ3) is 1.68. The Morgan fingerprint density at radius 3 is 3.07 bits per heavy atom. The quantitative estimate of drug-likeness (QED) is 0.688. The van der Waals surface area contributed by atoms with Crippen LogP contribution < -0.4 is 10.1 Å². The molecule has 1 aliphatic heterocycles. The molecule has 0 amide bonds. The van der Waals surface area contributed by atoms with Gasteiger partial charge in [0, 0.05) is 6.42 Å². The standard InChI is InChI=1S/C9H12N2O4/c1-13-8-5-3-6(9(12)14-2)10-4-7(5)15-11-8/h6,10H,3-4H2,1-2H3. The first kappa shape index (κ1) is 9.97. The van der Waals surface area contributed by atoms with Gasteiger partial charge in [0.05, 0.1) is 26.3 Å². The van der Waals surface area contributed by atoms with Crippen LogP contribution in [0.3, 0.4) is 0 Å². The van der Waals surface area contributed by atoms with Crippen molar-refractivity contribution in [3.63, 3.8) is 0 Å².